The molecule has 0 fully saturated rings. The van der Waals surface area contributed by atoms with Gasteiger partial charge in [-0.05, 0) is 34.9 Å². The smallest absolute Gasteiger partial charge is 0.332 e. The molecular weight excluding hydrogens is 354 g/mol. The molecule has 3 aromatic rings. The first kappa shape index (κ1) is 19.0. The van der Waals surface area contributed by atoms with Crippen LogP contribution in [-0.4, -0.2) is 12.2 Å². The molecule has 0 spiro atoms. The van der Waals surface area contributed by atoms with E-state index in [1.165, 1.54) is 6.21 Å². The van der Waals surface area contributed by atoms with Crippen LogP contribution in [0.2, 0.25) is 0 Å². The zero-order valence-electron chi connectivity index (χ0n) is 15.2. The Morgan fingerprint density at radius 3 is 2.00 bits per heavy atom. The van der Waals surface area contributed by atoms with Gasteiger partial charge in [0.05, 0.1) is 6.21 Å². The Morgan fingerprint density at radius 1 is 0.857 bits per heavy atom. The summed E-state index contributed by atoms with van der Waals surface area (Å²) < 4.78 is 11.9. The Bertz CT molecular complexity index is 928. The lowest BCUT2D eigenvalue weighted by atomic mass is 10.2. The van der Waals surface area contributed by atoms with E-state index >= 15 is 0 Å². The molecule has 0 bridgehead atoms. The van der Waals surface area contributed by atoms with Gasteiger partial charge in [-0.1, -0.05) is 60.7 Å². The van der Waals surface area contributed by atoms with Gasteiger partial charge in [-0.2, -0.15) is 5.10 Å². The average molecular weight is 375 g/mol. The second-order valence-corrected chi connectivity index (χ2v) is 5.99. The maximum Gasteiger partial charge on any atom is 0.332 e. The average Bonchev–Trinajstić information content (AvgIpc) is 2.73. The fraction of sp³-hybridized carbons (Fsp3) is 0.0909. The van der Waals surface area contributed by atoms with Crippen LogP contribution in [0.15, 0.2) is 84.0 Å². The van der Waals surface area contributed by atoms with Crippen molar-refractivity contribution in [2.24, 2.45) is 10.8 Å². The van der Waals surface area contributed by atoms with Crippen molar-refractivity contribution < 1.29 is 14.3 Å². The highest BCUT2D eigenvalue weighted by molar-refractivity contribution is 5.82. The lowest BCUT2D eigenvalue weighted by molar-refractivity contribution is 0.249. The minimum absolute atomic E-state index is 0.405. The molecule has 0 heterocycles. The first-order chi connectivity index (χ1) is 13.7. The van der Waals surface area contributed by atoms with E-state index in [4.69, 9.17) is 15.2 Å². The summed E-state index contributed by atoms with van der Waals surface area (Å²) in [7, 11) is 0. The van der Waals surface area contributed by atoms with Crippen molar-refractivity contribution in [1.29, 1.82) is 0 Å². The number of hydrazone groups is 1. The fourth-order valence-corrected chi connectivity index (χ4v) is 2.48. The molecule has 3 aromatic carbocycles. The van der Waals surface area contributed by atoms with E-state index in [1.807, 2.05) is 72.8 Å². The predicted octanol–water partition coefficient (Wildman–Crippen LogP) is 3.85. The zero-order valence-corrected chi connectivity index (χ0v) is 15.2. The van der Waals surface area contributed by atoms with Gasteiger partial charge in [-0.25, -0.2) is 10.2 Å². The molecule has 0 radical (unpaired) electrons. The van der Waals surface area contributed by atoms with Crippen molar-refractivity contribution in [2.75, 3.05) is 0 Å². The summed E-state index contributed by atoms with van der Waals surface area (Å²) >= 11 is 0. The number of nitrogens with two attached hydrogens (primary N) is 1. The monoisotopic (exact) mass is 375 g/mol. The van der Waals surface area contributed by atoms with Gasteiger partial charge in [-0.3, -0.25) is 0 Å². The van der Waals surface area contributed by atoms with Gasteiger partial charge < -0.3 is 15.2 Å². The topological polar surface area (TPSA) is 85.9 Å². The molecule has 0 aliphatic heterocycles. The quantitative estimate of drug-likeness (QED) is 0.463. The minimum atomic E-state index is -0.723. The Kier molecular flexibility index (Phi) is 6.62. The van der Waals surface area contributed by atoms with Crippen molar-refractivity contribution in [3.05, 3.63) is 95.6 Å². The molecule has 0 unspecified atom stereocenters. The van der Waals surface area contributed by atoms with E-state index in [0.717, 1.165) is 16.7 Å². The van der Waals surface area contributed by atoms with Crippen LogP contribution in [0, 0.1) is 0 Å². The van der Waals surface area contributed by atoms with E-state index < -0.39 is 6.03 Å². The lowest BCUT2D eigenvalue weighted by Gasteiger charge is -2.14. The number of nitrogens with one attached hydrogen (secondary N) is 1. The molecule has 0 saturated heterocycles. The first-order valence-electron chi connectivity index (χ1n) is 8.77. The summed E-state index contributed by atoms with van der Waals surface area (Å²) in [4.78, 5) is 10.7. The molecule has 2 amide bonds. The second kappa shape index (κ2) is 9.78. The van der Waals surface area contributed by atoms with Crippen LogP contribution in [-0.2, 0) is 13.2 Å². The van der Waals surface area contributed by atoms with E-state index in [0.29, 0.717) is 24.7 Å². The number of primary amides is 1. The highest BCUT2D eigenvalue weighted by Gasteiger charge is 2.08. The highest BCUT2D eigenvalue weighted by Crippen LogP contribution is 2.29. The van der Waals surface area contributed by atoms with Crippen LogP contribution in [0.25, 0.3) is 0 Å². The number of hydrogen-bond donors (Lipinski definition) is 2. The third-order valence-corrected chi connectivity index (χ3v) is 3.83. The van der Waals surface area contributed by atoms with E-state index in [1.54, 1.807) is 6.07 Å². The summed E-state index contributed by atoms with van der Waals surface area (Å²) in [6, 6.07) is 24.5. The van der Waals surface area contributed by atoms with Crippen LogP contribution in [0.1, 0.15) is 16.7 Å². The molecule has 142 valence electrons. The number of hydrogen-bond acceptors (Lipinski definition) is 4. The third kappa shape index (κ3) is 5.88. The first-order valence-corrected chi connectivity index (χ1v) is 8.77. The number of rotatable bonds is 8. The molecule has 0 aliphatic rings. The van der Waals surface area contributed by atoms with Crippen molar-refractivity contribution >= 4 is 12.2 Å². The predicted molar refractivity (Wildman–Crippen MR) is 108 cm³/mol. The number of urea groups is 1. The van der Waals surface area contributed by atoms with Crippen molar-refractivity contribution in [2.45, 2.75) is 13.2 Å². The maximum atomic E-state index is 10.7. The Labute approximate surface area is 163 Å². The number of carbonyl (C=O) groups is 1. The normalized spacial score (nSPS) is 10.6. The van der Waals surface area contributed by atoms with Crippen LogP contribution in [0.3, 0.4) is 0 Å². The van der Waals surface area contributed by atoms with Crippen molar-refractivity contribution in [3.8, 4) is 11.5 Å². The Hall–Kier alpha value is -3.80. The van der Waals surface area contributed by atoms with Crippen molar-refractivity contribution in [1.82, 2.24) is 5.43 Å². The molecule has 6 heteroatoms. The number of benzene rings is 3. The number of ether oxygens (including phenoxy) is 2. The van der Waals surface area contributed by atoms with Gasteiger partial charge >= 0.3 is 6.03 Å². The third-order valence-electron chi connectivity index (χ3n) is 3.83. The summed E-state index contributed by atoms with van der Waals surface area (Å²) in [6.45, 7) is 0.835. The van der Waals surface area contributed by atoms with Crippen LogP contribution >= 0.6 is 0 Å². The molecular formula is C22H21N3O3. The van der Waals surface area contributed by atoms with E-state index in [2.05, 4.69) is 10.5 Å². The van der Waals surface area contributed by atoms with E-state index in [9.17, 15) is 4.79 Å². The van der Waals surface area contributed by atoms with Crippen LogP contribution in [0.5, 0.6) is 11.5 Å². The molecule has 0 atom stereocenters. The summed E-state index contributed by atoms with van der Waals surface area (Å²) in [6.07, 6.45) is 1.49. The SMILES string of the molecule is NC(=O)N/N=C/c1ccc(OCc2ccccc2)c(OCc2ccccc2)c1. The molecule has 3 rings (SSSR count). The minimum Gasteiger partial charge on any atom is -0.485 e. The summed E-state index contributed by atoms with van der Waals surface area (Å²) in [5.74, 6) is 1.21. The summed E-state index contributed by atoms with van der Waals surface area (Å²) in [5, 5.41) is 3.78. The number of amides is 2. The molecule has 0 aromatic heterocycles. The molecule has 3 N–H and O–H groups in total. The Balaban J connectivity index is 1.76. The molecule has 0 aliphatic carbocycles. The standard InChI is InChI=1S/C22H21N3O3/c23-22(26)25-24-14-19-11-12-20(27-15-17-7-3-1-4-8-17)21(13-19)28-16-18-9-5-2-6-10-18/h1-14H,15-16H2,(H3,23,25,26)/b24-14+. The number of nitrogens with zero attached hydrogens (tertiary/aromatic N) is 1. The summed E-state index contributed by atoms with van der Waals surface area (Å²) in [5.41, 5.74) is 10.0. The maximum absolute atomic E-state index is 10.7. The second-order valence-electron chi connectivity index (χ2n) is 5.99. The van der Waals surface area contributed by atoms with Gasteiger partial charge in [-0.15, -0.1) is 0 Å². The number of carbonyl (C=O) groups excluding carboxylic acids is 1. The zero-order chi connectivity index (χ0) is 19.6. The van der Waals surface area contributed by atoms with Gasteiger partial charge in [0, 0.05) is 0 Å². The van der Waals surface area contributed by atoms with Gasteiger partial charge in [0.25, 0.3) is 0 Å². The van der Waals surface area contributed by atoms with Gasteiger partial charge in [0.1, 0.15) is 13.2 Å². The fourth-order valence-electron chi connectivity index (χ4n) is 2.48. The van der Waals surface area contributed by atoms with Crippen molar-refractivity contribution in [3.63, 3.8) is 0 Å². The highest BCUT2D eigenvalue weighted by atomic mass is 16.5. The van der Waals surface area contributed by atoms with E-state index in [-0.39, 0.29) is 0 Å². The molecule has 0 saturated carbocycles. The van der Waals surface area contributed by atoms with Crippen LogP contribution in [0.4, 0.5) is 4.79 Å². The largest absolute Gasteiger partial charge is 0.485 e. The van der Waals surface area contributed by atoms with Gasteiger partial charge in [0.2, 0.25) is 0 Å². The lowest BCUT2D eigenvalue weighted by Crippen LogP contribution is -2.24. The molecule has 28 heavy (non-hydrogen) atoms. The molecule has 6 nitrogen and oxygen atoms in total. The van der Waals surface area contributed by atoms with Crippen LogP contribution < -0.4 is 20.6 Å². The van der Waals surface area contributed by atoms with Gasteiger partial charge in [0.15, 0.2) is 11.5 Å². The Morgan fingerprint density at radius 2 is 1.43 bits per heavy atom.